The molecule has 0 saturated carbocycles. The summed E-state index contributed by atoms with van der Waals surface area (Å²) in [6.45, 7) is 4.45. The van der Waals surface area contributed by atoms with Gasteiger partial charge in [-0.05, 0) is 18.2 Å². The summed E-state index contributed by atoms with van der Waals surface area (Å²) in [5, 5.41) is 0. The fourth-order valence-corrected chi connectivity index (χ4v) is 1.27. The van der Waals surface area contributed by atoms with E-state index in [1.54, 1.807) is 6.08 Å². The standard InChI is InChI=1S/C11H12O2.H2O4S/c1-2-11(8-9-12-11)13-10-6-4-3-5-7-10;1-5(2,3)4/h2-7H,1,8-9H2;(H2,1,2,3,4). The highest BCUT2D eigenvalue weighted by molar-refractivity contribution is 7.79. The van der Waals surface area contributed by atoms with Crippen LogP contribution in [0.2, 0.25) is 0 Å². The van der Waals surface area contributed by atoms with Gasteiger partial charge in [-0.1, -0.05) is 24.8 Å². The van der Waals surface area contributed by atoms with Crippen molar-refractivity contribution in [3.63, 3.8) is 0 Å². The number of para-hydroxylation sites is 1. The molecule has 1 saturated heterocycles. The molecule has 0 spiro atoms. The molecular formula is C11H14O6S. The summed E-state index contributed by atoms with van der Waals surface area (Å²) in [5.41, 5.74) is 0. The van der Waals surface area contributed by atoms with E-state index in [1.165, 1.54) is 0 Å². The molecule has 1 unspecified atom stereocenters. The molecular weight excluding hydrogens is 260 g/mol. The van der Waals surface area contributed by atoms with Crippen LogP contribution in [0.25, 0.3) is 0 Å². The van der Waals surface area contributed by atoms with Gasteiger partial charge in [-0.15, -0.1) is 0 Å². The minimum atomic E-state index is -4.67. The molecule has 6 nitrogen and oxygen atoms in total. The van der Waals surface area contributed by atoms with Crippen LogP contribution in [0.3, 0.4) is 0 Å². The molecule has 0 radical (unpaired) electrons. The Kier molecular flexibility index (Phi) is 4.85. The lowest BCUT2D eigenvalue weighted by Gasteiger charge is -2.38. The van der Waals surface area contributed by atoms with E-state index in [0.717, 1.165) is 18.8 Å². The molecule has 0 amide bonds. The van der Waals surface area contributed by atoms with Crippen molar-refractivity contribution in [3.8, 4) is 5.75 Å². The van der Waals surface area contributed by atoms with Gasteiger partial charge in [-0.3, -0.25) is 9.11 Å². The lowest BCUT2D eigenvalue weighted by molar-refractivity contribution is -0.229. The van der Waals surface area contributed by atoms with E-state index in [-0.39, 0.29) is 0 Å². The van der Waals surface area contributed by atoms with Crippen molar-refractivity contribution in [3.05, 3.63) is 43.0 Å². The maximum absolute atomic E-state index is 8.74. The minimum Gasteiger partial charge on any atom is -0.459 e. The van der Waals surface area contributed by atoms with E-state index in [0.29, 0.717) is 0 Å². The number of hydrogen-bond donors (Lipinski definition) is 2. The van der Waals surface area contributed by atoms with E-state index >= 15 is 0 Å². The van der Waals surface area contributed by atoms with E-state index in [9.17, 15) is 0 Å². The van der Waals surface area contributed by atoms with E-state index < -0.39 is 16.2 Å². The third-order valence-electron chi connectivity index (χ3n) is 2.14. The Hall–Kier alpha value is -1.41. The average molecular weight is 274 g/mol. The van der Waals surface area contributed by atoms with Gasteiger partial charge in [-0.25, -0.2) is 0 Å². The molecule has 0 aliphatic carbocycles. The SMILES string of the molecule is C=CC1(Oc2ccccc2)CCO1.O=S(=O)(O)O. The molecule has 1 aliphatic rings. The van der Waals surface area contributed by atoms with E-state index in [1.807, 2.05) is 30.3 Å². The van der Waals surface area contributed by atoms with E-state index in [4.69, 9.17) is 27.0 Å². The summed E-state index contributed by atoms with van der Waals surface area (Å²) in [7, 11) is -4.67. The van der Waals surface area contributed by atoms with Crippen LogP contribution < -0.4 is 4.74 Å². The van der Waals surface area contributed by atoms with Crippen LogP contribution in [0.1, 0.15) is 6.42 Å². The average Bonchev–Trinajstić information content (AvgIpc) is 2.23. The molecule has 18 heavy (non-hydrogen) atoms. The summed E-state index contributed by atoms with van der Waals surface area (Å²) in [6, 6.07) is 9.64. The Labute approximate surface area is 105 Å². The Morgan fingerprint density at radius 2 is 1.83 bits per heavy atom. The second-order valence-corrected chi connectivity index (χ2v) is 4.37. The van der Waals surface area contributed by atoms with Gasteiger partial charge in [0, 0.05) is 6.42 Å². The molecule has 1 heterocycles. The lowest BCUT2D eigenvalue weighted by atomic mass is 10.1. The molecule has 1 fully saturated rings. The van der Waals surface area contributed by atoms with Crippen molar-refractivity contribution in [1.29, 1.82) is 0 Å². The zero-order valence-electron chi connectivity index (χ0n) is 9.52. The van der Waals surface area contributed by atoms with Crippen molar-refractivity contribution in [2.24, 2.45) is 0 Å². The zero-order valence-corrected chi connectivity index (χ0v) is 10.3. The third-order valence-corrected chi connectivity index (χ3v) is 2.14. The first-order valence-corrected chi connectivity index (χ1v) is 6.46. The summed E-state index contributed by atoms with van der Waals surface area (Å²) in [6.07, 6.45) is 2.59. The van der Waals surface area contributed by atoms with Crippen molar-refractivity contribution < 1.29 is 27.0 Å². The summed E-state index contributed by atoms with van der Waals surface area (Å²) < 4.78 is 42.6. The van der Waals surface area contributed by atoms with E-state index in [2.05, 4.69) is 6.58 Å². The smallest absolute Gasteiger partial charge is 0.394 e. The molecule has 7 heteroatoms. The van der Waals surface area contributed by atoms with Gasteiger partial charge in [0.25, 0.3) is 0 Å². The van der Waals surface area contributed by atoms with Gasteiger partial charge in [0.2, 0.25) is 5.79 Å². The van der Waals surface area contributed by atoms with Gasteiger partial charge in [0.15, 0.2) is 0 Å². The summed E-state index contributed by atoms with van der Waals surface area (Å²) in [4.78, 5) is 0. The fraction of sp³-hybridized carbons (Fsp3) is 0.273. The molecule has 0 aromatic heterocycles. The first-order valence-electron chi connectivity index (χ1n) is 5.06. The number of rotatable bonds is 3. The van der Waals surface area contributed by atoms with Crippen LogP contribution >= 0.6 is 0 Å². The molecule has 0 bridgehead atoms. The normalized spacial score (nSPS) is 22.1. The van der Waals surface area contributed by atoms with Crippen molar-refractivity contribution in [2.45, 2.75) is 12.2 Å². The van der Waals surface area contributed by atoms with Crippen LogP contribution in [0.4, 0.5) is 0 Å². The topological polar surface area (TPSA) is 93.1 Å². The van der Waals surface area contributed by atoms with Gasteiger partial charge in [0.1, 0.15) is 5.75 Å². The van der Waals surface area contributed by atoms with Crippen molar-refractivity contribution in [2.75, 3.05) is 6.61 Å². The molecule has 1 aromatic rings. The predicted octanol–water partition coefficient (Wildman–Crippen LogP) is 1.72. The predicted molar refractivity (Wildman–Crippen MR) is 64.7 cm³/mol. The first kappa shape index (κ1) is 14.7. The number of benzene rings is 1. The minimum absolute atomic E-state index is 0.568. The highest BCUT2D eigenvalue weighted by Crippen LogP contribution is 2.30. The van der Waals surface area contributed by atoms with Crippen molar-refractivity contribution >= 4 is 10.4 Å². The quantitative estimate of drug-likeness (QED) is 0.644. The van der Waals surface area contributed by atoms with Gasteiger partial charge in [0.05, 0.1) is 6.61 Å². The Balaban J connectivity index is 0.000000280. The maximum atomic E-state index is 8.74. The van der Waals surface area contributed by atoms with Gasteiger partial charge >= 0.3 is 10.4 Å². The Bertz CT molecular complexity index is 470. The first-order chi connectivity index (χ1) is 8.35. The third kappa shape index (κ3) is 5.28. The Morgan fingerprint density at radius 1 is 1.33 bits per heavy atom. The summed E-state index contributed by atoms with van der Waals surface area (Å²) >= 11 is 0. The lowest BCUT2D eigenvalue weighted by Crippen LogP contribution is -2.46. The molecule has 100 valence electrons. The molecule has 1 aromatic carbocycles. The highest BCUT2D eigenvalue weighted by Gasteiger charge is 2.37. The monoisotopic (exact) mass is 274 g/mol. The highest BCUT2D eigenvalue weighted by atomic mass is 32.3. The zero-order chi connectivity index (χ0) is 13.6. The largest absolute Gasteiger partial charge is 0.459 e. The van der Waals surface area contributed by atoms with Gasteiger partial charge in [-0.2, -0.15) is 8.42 Å². The maximum Gasteiger partial charge on any atom is 0.394 e. The van der Waals surface area contributed by atoms with Crippen LogP contribution in [0.5, 0.6) is 5.75 Å². The molecule has 1 aliphatic heterocycles. The van der Waals surface area contributed by atoms with Crippen LogP contribution in [-0.4, -0.2) is 29.9 Å². The van der Waals surface area contributed by atoms with Crippen LogP contribution in [0, 0.1) is 0 Å². The van der Waals surface area contributed by atoms with Crippen LogP contribution in [0.15, 0.2) is 43.0 Å². The van der Waals surface area contributed by atoms with Crippen LogP contribution in [-0.2, 0) is 15.1 Å². The molecule has 1 atom stereocenters. The second-order valence-electron chi connectivity index (χ2n) is 3.48. The fourth-order valence-electron chi connectivity index (χ4n) is 1.27. The second kappa shape index (κ2) is 5.96. The van der Waals surface area contributed by atoms with Crippen molar-refractivity contribution in [1.82, 2.24) is 0 Å². The summed E-state index contributed by atoms with van der Waals surface area (Å²) in [5.74, 6) is 0.253. The number of ether oxygens (including phenoxy) is 2. The molecule has 2 N–H and O–H groups in total. The molecule has 2 rings (SSSR count). The van der Waals surface area contributed by atoms with Gasteiger partial charge < -0.3 is 9.47 Å². The number of hydrogen-bond acceptors (Lipinski definition) is 4. The Morgan fingerprint density at radius 3 is 2.17 bits per heavy atom.